The largest absolute Gasteiger partial charge is 0.424 e. The molecule has 1 saturated heterocycles. The van der Waals surface area contributed by atoms with E-state index in [0.29, 0.717) is 37.0 Å². The Kier molecular flexibility index (Phi) is 4.66. The van der Waals surface area contributed by atoms with E-state index in [1.807, 2.05) is 18.7 Å². The van der Waals surface area contributed by atoms with Gasteiger partial charge in [-0.25, -0.2) is 0 Å². The van der Waals surface area contributed by atoms with Gasteiger partial charge in [-0.3, -0.25) is 14.7 Å². The molecule has 0 N–H and O–H groups in total. The van der Waals surface area contributed by atoms with Crippen molar-refractivity contribution in [3.05, 3.63) is 41.9 Å². The van der Waals surface area contributed by atoms with Crippen molar-refractivity contribution in [2.75, 3.05) is 26.2 Å². The Bertz CT molecular complexity index is 648. The molecule has 0 aliphatic carbocycles. The zero-order valence-electron chi connectivity index (χ0n) is 13.5. The molecule has 122 valence electrons. The van der Waals surface area contributed by atoms with Gasteiger partial charge in [-0.15, -0.1) is 10.2 Å². The van der Waals surface area contributed by atoms with Crippen LogP contribution in [0.3, 0.4) is 0 Å². The standard InChI is InChI=1S/C16H21N5O2/c1-12(2)15-19-18-14(23-15)11-20-6-8-21(9-7-20)16(22)13-4-3-5-17-10-13/h3-5,10,12H,6-9,11H2,1-2H3. The summed E-state index contributed by atoms with van der Waals surface area (Å²) in [4.78, 5) is 20.5. The van der Waals surface area contributed by atoms with Crippen LogP contribution in [0.15, 0.2) is 28.9 Å². The van der Waals surface area contributed by atoms with E-state index in [-0.39, 0.29) is 11.8 Å². The Morgan fingerprint density at radius 1 is 1.26 bits per heavy atom. The van der Waals surface area contributed by atoms with Crippen molar-refractivity contribution in [3.8, 4) is 0 Å². The van der Waals surface area contributed by atoms with E-state index in [0.717, 1.165) is 13.1 Å². The molecule has 0 radical (unpaired) electrons. The number of amides is 1. The average molecular weight is 315 g/mol. The van der Waals surface area contributed by atoms with Crippen molar-refractivity contribution < 1.29 is 9.21 Å². The predicted octanol–water partition coefficient (Wildman–Crippen LogP) is 1.55. The summed E-state index contributed by atoms with van der Waals surface area (Å²) >= 11 is 0. The van der Waals surface area contributed by atoms with Crippen LogP contribution in [0, 0.1) is 0 Å². The first-order valence-corrected chi connectivity index (χ1v) is 7.87. The summed E-state index contributed by atoms with van der Waals surface area (Å²) in [5, 5.41) is 8.14. The molecule has 23 heavy (non-hydrogen) atoms. The lowest BCUT2D eigenvalue weighted by Gasteiger charge is -2.33. The number of carbonyl (C=O) groups is 1. The summed E-state index contributed by atoms with van der Waals surface area (Å²) in [6.45, 7) is 7.67. The van der Waals surface area contributed by atoms with Crippen LogP contribution < -0.4 is 0 Å². The molecule has 1 aliphatic rings. The molecular formula is C16H21N5O2. The first kappa shape index (κ1) is 15.6. The van der Waals surface area contributed by atoms with Gasteiger partial charge in [0.25, 0.3) is 5.91 Å². The van der Waals surface area contributed by atoms with Crippen LogP contribution in [-0.2, 0) is 6.54 Å². The number of piperazine rings is 1. The van der Waals surface area contributed by atoms with Crippen molar-refractivity contribution in [2.24, 2.45) is 0 Å². The topological polar surface area (TPSA) is 75.4 Å². The highest BCUT2D eigenvalue weighted by Gasteiger charge is 2.23. The fourth-order valence-corrected chi connectivity index (χ4v) is 2.54. The maximum Gasteiger partial charge on any atom is 0.255 e. The molecule has 7 heteroatoms. The molecule has 1 aliphatic heterocycles. The van der Waals surface area contributed by atoms with E-state index < -0.39 is 0 Å². The highest BCUT2D eigenvalue weighted by molar-refractivity contribution is 5.93. The predicted molar refractivity (Wildman–Crippen MR) is 83.8 cm³/mol. The Hall–Kier alpha value is -2.28. The van der Waals surface area contributed by atoms with Gasteiger partial charge in [0.05, 0.1) is 12.1 Å². The van der Waals surface area contributed by atoms with Gasteiger partial charge < -0.3 is 9.32 Å². The lowest BCUT2D eigenvalue weighted by molar-refractivity contribution is 0.0617. The average Bonchev–Trinajstić information content (AvgIpc) is 3.04. The van der Waals surface area contributed by atoms with Crippen LogP contribution in [0.1, 0.15) is 41.9 Å². The summed E-state index contributed by atoms with van der Waals surface area (Å²) in [6.07, 6.45) is 3.28. The molecule has 0 unspecified atom stereocenters. The maximum absolute atomic E-state index is 12.4. The normalized spacial score (nSPS) is 16.0. The van der Waals surface area contributed by atoms with Crippen molar-refractivity contribution in [3.63, 3.8) is 0 Å². The third-order valence-electron chi connectivity index (χ3n) is 3.90. The van der Waals surface area contributed by atoms with Crippen molar-refractivity contribution in [1.82, 2.24) is 25.0 Å². The summed E-state index contributed by atoms with van der Waals surface area (Å²) in [6, 6.07) is 3.58. The molecule has 3 rings (SSSR count). The van der Waals surface area contributed by atoms with Gasteiger partial charge in [0.15, 0.2) is 0 Å². The van der Waals surface area contributed by atoms with Crippen LogP contribution in [0.2, 0.25) is 0 Å². The monoisotopic (exact) mass is 315 g/mol. The van der Waals surface area contributed by atoms with Gasteiger partial charge in [0.2, 0.25) is 11.8 Å². The molecule has 0 bridgehead atoms. The second-order valence-corrected chi connectivity index (χ2v) is 6.00. The molecule has 2 aromatic heterocycles. The van der Waals surface area contributed by atoms with Gasteiger partial charge >= 0.3 is 0 Å². The van der Waals surface area contributed by atoms with E-state index in [9.17, 15) is 4.79 Å². The molecule has 2 aromatic rings. The first-order valence-electron chi connectivity index (χ1n) is 7.87. The SMILES string of the molecule is CC(C)c1nnc(CN2CCN(C(=O)c3cccnc3)CC2)o1. The minimum atomic E-state index is 0.0395. The minimum absolute atomic E-state index is 0.0395. The van der Waals surface area contributed by atoms with Crippen LogP contribution in [-0.4, -0.2) is 57.1 Å². The van der Waals surface area contributed by atoms with E-state index >= 15 is 0 Å². The van der Waals surface area contributed by atoms with Gasteiger partial charge in [0.1, 0.15) is 0 Å². The zero-order chi connectivity index (χ0) is 16.2. The summed E-state index contributed by atoms with van der Waals surface area (Å²) < 4.78 is 5.64. The molecule has 3 heterocycles. The van der Waals surface area contributed by atoms with Gasteiger partial charge in [0, 0.05) is 44.5 Å². The van der Waals surface area contributed by atoms with Crippen LogP contribution in [0.4, 0.5) is 0 Å². The molecule has 1 amide bonds. The number of hydrogen-bond donors (Lipinski definition) is 0. The number of carbonyl (C=O) groups excluding carboxylic acids is 1. The van der Waals surface area contributed by atoms with E-state index in [4.69, 9.17) is 4.42 Å². The van der Waals surface area contributed by atoms with Crippen molar-refractivity contribution in [1.29, 1.82) is 0 Å². The Balaban J connectivity index is 1.53. The van der Waals surface area contributed by atoms with Gasteiger partial charge in [-0.05, 0) is 12.1 Å². The van der Waals surface area contributed by atoms with Gasteiger partial charge in [-0.1, -0.05) is 13.8 Å². The number of hydrogen-bond acceptors (Lipinski definition) is 6. The molecule has 0 aromatic carbocycles. The van der Waals surface area contributed by atoms with Crippen molar-refractivity contribution >= 4 is 5.91 Å². The Morgan fingerprint density at radius 2 is 2.04 bits per heavy atom. The third kappa shape index (κ3) is 3.73. The molecule has 0 atom stereocenters. The Labute approximate surface area is 135 Å². The van der Waals surface area contributed by atoms with E-state index in [2.05, 4.69) is 20.1 Å². The fourth-order valence-electron chi connectivity index (χ4n) is 2.54. The highest BCUT2D eigenvalue weighted by Crippen LogP contribution is 2.14. The van der Waals surface area contributed by atoms with Crippen LogP contribution >= 0.6 is 0 Å². The fraction of sp³-hybridized carbons (Fsp3) is 0.500. The van der Waals surface area contributed by atoms with Crippen LogP contribution in [0.5, 0.6) is 0 Å². The van der Waals surface area contributed by atoms with Gasteiger partial charge in [-0.2, -0.15) is 0 Å². The van der Waals surface area contributed by atoms with Crippen molar-refractivity contribution in [2.45, 2.75) is 26.3 Å². The van der Waals surface area contributed by atoms with E-state index in [1.165, 1.54) is 0 Å². The molecule has 0 saturated carbocycles. The second-order valence-electron chi connectivity index (χ2n) is 6.00. The summed E-state index contributed by atoms with van der Waals surface area (Å²) in [5.41, 5.74) is 0.638. The molecular weight excluding hydrogens is 294 g/mol. The van der Waals surface area contributed by atoms with Crippen LogP contribution in [0.25, 0.3) is 0 Å². The quantitative estimate of drug-likeness (QED) is 0.852. The summed E-state index contributed by atoms with van der Waals surface area (Å²) in [7, 11) is 0. The lowest BCUT2D eigenvalue weighted by Crippen LogP contribution is -2.48. The number of pyridine rings is 1. The highest BCUT2D eigenvalue weighted by atomic mass is 16.4. The molecule has 0 spiro atoms. The molecule has 1 fully saturated rings. The third-order valence-corrected chi connectivity index (χ3v) is 3.90. The molecule has 7 nitrogen and oxygen atoms in total. The first-order chi connectivity index (χ1) is 11.1. The number of aromatic nitrogens is 3. The Morgan fingerprint density at radius 3 is 2.65 bits per heavy atom. The summed E-state index contributed by atoms with van der Waals surface area (Å²) in [5.74, 6) is 1.59. The smallest absolute Gasteiger partial charge is 0.255 e. The maximum atomic E-state index is 12.4. The number of rotatable bonds is 4. The van der Waals surface area contributed by atoms with E-state index in [1.54, 1.807) is 24.5 Å². The number of nitrogens with zero attached hydrogens (tertiary/aromatic N) is 5. The zero-order valence-corrected chi connectivity index (χ0v) is 13.5. The lowest BCUT2D eigenvalue weighted by atomic mass is 10.2. The minimum Gasteiger partial charge on any atom is -0.424 e. The second kappa shape index (κ2) is 6.87.